The van der Waals surface area contributed by atoms with Crippen LogP contribution in [0.4, 0.5) is 5.69 Å². The van der Waals surface area contributed by atoms with E-state index in [1.807, 2.05) is 31.2 Å². The van der Waals surface area contributed by atoms with Gasteiger partial charge in [-0.05, 0) is 60.9 Å². The standard InChI is InChI=1S/C24H24N2O5S/c1-2-31-21-10-12-22(13-11-21)32(29,30)26-16-18-7-4-3-6-17(18)14-23(26)24(28)25-19-8-5-9-20(27)15-19/h3-13,15,23,27H,2,14,16H2,1H3,(H,25,28). The molecule has 0 fully saturated rings. The van der Waals surface area contributed by atoms with Crippen LogP contribution in [-0.2, 0) is 27.8 Å². The molecule has 0 aromatic heterocycles. The molecule has 0 aliphatic carbocycles. The largest absolute Gasteiger partial charge is 0.508 e. The fourth-order valence-corrected chi connectivity index (χ4v) is 5.36. The van der Waals surface area contributed by atoms with E-state index < -0.39 is 22.0 Å². The molecule has 4 rings (SSSR count). The molecule has 3 aromatic carbocycles. The number of anilines is 1. The average molecular weight is 453 g/mol. The first-order chi connectivity index (χ1) is 15.4. The fraction of sp³-hybridized carbons (Fsp3) is 0.208. The van der Waals surface area contributed by atoms with Crippen LogP contribution in [0.5, 0.6) is 11.5 Å². The van der Waals surface area contributed by atoms with Crippen molar-refractivity contribution in [2.75, 3.05) is 11.9 Å². The van der Waals surface area contributed by atoms with Crippen molar-refractivity contribution in [1.82, 2.24) is 4.31 Å². The third-order valence-electron chi connectivity index (χ3n) is 5.36. The summed E-state index contributed by atoms with van der Waals surface area (Å²) in [6, 6.07) is 18.9. The number of carbonyl (C=O) groups is 1. The highest BCUT2D eigenvalue weighted by Gasteiger charge is 2.39. The van der Waals surface area contributed by atoms with Gasteiger partial charge in [-0.15, -0.1) is 0 Å². The van der Waals surface area contributed by atoms with Crippen molar-refractivity contribution in [3.63, 3.8) is 0 Å². The van der Waals surface area contributed by atoms with E-state index in [1.165, 1.54) is 28.6 Å². The van der Waals surface area contributed by atoms with E-state index >= 15 is 0 Å². The first-order valence-electron chi connectivity index (χ1n) is 10.3. The summed E-state index contributed by atoms with van der Waals surface area (Å²) in [7, 11) is -3.96. The average Bonchev–Trinajstić information content (AvgIpc) is 2.79. The number of fused-ring (bicyclic) bond motifs is 1. The fourth-order valence-electron chi connectivity index (χ4n) is 3.79. The Morgan fingerprint density at radius 2 is 1.78 bits per heavy atom. The molecule has 0 bridgehead atoms. The normalized spacial score (nSPS) is 16.2. The van der Waals surface area contributed by atoms with Crippen molar-refractivity contribution >= 4 is 21.6 Å². The molecule has 1 aliphatic rings. The number of nitrogens with one attached hydrogen (secondary N) is 1. The minimum absolute atomic E-state index is 0.00987. The number of carbonyl (C=O) groups excluding carboxylic acids is 1. The summed E-state index contributed by atoms with van der Waals surface area (Å²) in [6.07, 6.45) is 0.247. The van der Waals surface area contributed by atoms with Gasteiger partial charge in [0.15, 0.2) is 0 Å². The Hall–Kier alpha value is -3.36. The monoisotopic (exact) mass is 452 g/mol. The Kier molecular flexibility index (Phi) is 6.16. The van der Waals surface area contributed by atoms with Gasteiger partial charge in [0, 0.05) is 18.3 Å². The highest BCUT2D eigenvalue weighted by atomic mass is 32.2. The first kappa shape index (κ1) is 21.9. The summed E-state index contributed by atoms with van der Waals surface area (Å²) in [5, 5.41) is 12.4. The predicted octanol–water partition coefficient (Wildman–Crippen LogP) is 3.55. The number of benzene rings is 3. The smallest absolute Gasteiger partial charge is 0.244 e. The van der Waals surface area contributed by atoms with Crippen LogP contribution in [-0.4, -0.2) is 36.4 Å². The SMILES string of the molecule is CCOc1ccc(S(=O)(=O)N2Cc3ccccc3CC2C(=O)Nc2cccc(O)c2)cc1. The second-order valence-electron chi connectivity index (χ2n) is 7.48. The van der Waals surface area contributed by atoms with Gasteiger partial charge in [0.2, 0.25) is 15.9 Å². The first-order valence-corrected chi connectivity index (χ1v) is 11.7. The highest BCUT2D eigenvalue weighted by molar-refractivity contribution is 7.89. The molecule has 3 aromatic rings. The molecule has 32 heavy (non-hydrogen) atoms. The number of amides is 1. The van der Waals surface area contributed by atoms with Gasteiger partial charge in [-0.1, -0.05) is 30.3 Å². The molecule has 7 nitrogen and oxygen atoms in total. The number of phenolic OH excluding ortho intramolecular Hbond substituents is 1. The van der Waals surface area contributed by atoms with Crippen LogP contribution in [0.1, 0.15) is 18.1 Å². The molecule has 1 heterocycles. The molecule has 0 radical (unpaired) electrons. The number of phenols is 1. The van der Waals surface area contributed by atoms with E-state index in [0.717, 1.165) is 11.1 Å². The Bertz CT molecular complexity index is 1230. The Labute approximate surface area is 187 Å². The van der Waals surface area contributed by atoms with Gasteiger partial charge in [0.1, 0.15) is 17.5 Å². The topological polar surface area (TPSA) is 95.9 Å². The third kappa shape index (κ3) is 4.46. The van der Waals surface area contributed by atoms with Gasteiger partial charge >= 0.3 is 0 Å². The van der Waals surface area contributed by atoms with Crippen LogP contribution >= 0.6 is 0 Å². The van der Waals surface area contributed by atoms with Gasteiger partial charge in [-0.2, -0.15) is 4.31 Å². The van der Waals surface area contributed by atoms with E-state index in [-0.39, 0.29) is 23.6 Å². The quantitative estimate of drug-likeness (QED) is 0.596. The summed E-state index contributed by atoms with van der Waals surface area (Å²) >= 11 is 0. The number of rotatable bonds is 6. The lowest BCUT2D eigenvalue weighted by Gasteiger charge is -2.35. The minimum Gasteiger partial charge on any atom is -0.508 e. The van der Waals surface area contributed by atoms with E-state index in [2.05, 4.69) is 5.32 Å². The molecule has 0 saturated heterocycles. The zero-order valence-electron chi connectivity index (χ0n) is 17.6. The maximum atomic E-state index is 13.6. The van der Waals surface area contributed by atoms with Crippen LogP contribution in [0.3, 0.4) is 0 Å². The van der Waals surface area contributed by atoms with E-state index in [0.29, 0.717) is 18.0 Å². The second-order valence-corrected chi connectivity index (χ2v) is 9.37. The van der Waals surface area contributed by atoms with Gasteiger partial charge in [-0.3, -0.25) is 4.79 Å². The lowest BCUT2D eigenvalue weighted by Crippen LogP contribution is -2.50. The summed E-state index contributed by atoms with van der Waals surface area (Å²) in [4.78, 5) is 13.3. The highest BCUT2D eigenvalue weighted by Crippen LogP contribution is 2.30. The summed E-state index contributed by atoms with van der Waals surface area (Å²) in [6.45, 7) is 2.42. The number of ether oxygens (including phenoxy) is 1. The predicted molar refractivity (Wildman–Crippen MR) is 121 cm³/mol. The molecule has 0 spiro atoms. The molecule has 2 N–H and O–H groups in total. The number of aromatic hydroxyl groups is 1. The van der Waals surface area contributed by atoms with Gasteiger partial charge < -0.3 is 15.2 Å². The second kappa shape index (κ2) is 9.02. The molecule has 1 aliphatic heterocycles. The van der Waals surface area contributed by atoms with Crippen molar-refractivity contribution in [3.8, 4) is 11.5 Å². The Morgan fingerprint density at radius 3 is 2.47 bits per heavy atom. The van der Waals surface area contributed by atoms with Crippen molar-refractivity contribution in [2.24, 2.45) is 0 Å². The van der Waals surface area contributed by atoms with E-state index in [1.54, 1.807) is 24.3 Å². The number of hydrogen-bond donors (Lipinski definition) is 2. The van der Waals surface area contributed by atoms with Gasteiger partial charge in [0.05, 0.1) is 11.5 Å². The maximum Gasteiger partial charge on any atom is 0.244 e. The van der Waals surface area contributed by atoms with Gasteiger partial charge in [0.25, 0.3) is 0 Å². The molecule has 166 valence electrons. The van der Waals surface area contributed by atoms with Crippen molar-refractivity contribution in [3.05, 3.63) is 83.9 Å². The molecule has 1 amide bonds. The number of hydrogen-bond acceptors (Lipinski definition) is 5. The van der Waals surface area contributed by atoms with Crippen LogP contribution in [0.2, 0.25) is 0 Å². The van der Waals surface area contributed by atoms with Crippen molar-refractivity contribution in [2.45, 2.75) is 30.8 Å². The Morgan fingerprint density at radius 1 is 1.06 bits per heavy atom. The molecule has 1 unspecified atom stereocenters. The summed E-state index contributed by atoms with van der Waals surface area (Å²) < 4.78 is 33.8. The van der Waals surface area contributed by atoms with Crippen LogP contribution < -0.4 is 10.1 Å². The number of sulfonamides is 1. The minimum atomic E-state index is -3.96. The molecule has 8 heteroatoms. The lowest BCUT2D eigenvalue weighted by atomic mass is 9.95. The Balaban J connectivity index is 1.68. The van der Waals surface area contributed by atoms with Crippen molar-refractivity contribution in [1.29, 1.82) is 0 Å². The molecular weight excluding hydrogens is 428 g/mol. The zero-order valence-corrected chi connectivity index (χ0v) is 18.4. The molecule has 1 atom stereocenters. The van der Waals surface area contributed by atoms with Gasteiger partial charge in [-0.25, -0.2) is 8.42 Å². The molecule has 0 saturated carbocycles. The summed E-state index contributed by atoms with van der Waals surface area (Å²) in [5.74, 6) is 0.129. The van der Waals surface area contributed by atoms with E-state index in [4.69, 9.17) is 4.74 Å². The van der Waals surface area contributed by atoms with Crippen molar-refractivity contribution < 1.29 is 23.1 Å². The summed E-state index contributed by atoms with van der Waals surface area (Å²) in [5.41, 5.74) is 2.19. The zero-order chi connectivity index (χ0) is 22.7. The third-order valence-corrected chi connectivity index (χ3v) is 7.23. The van der Waals surface area contributed by atoms with Crippen LogP contribution in [0.25, 0.3) is 0 Å². The van der Waals surface area contributed by atoms with E-state index in [9.17, 15) is 18.3 Å². The molecular formula is C24H24N2O5S. The lowest BCUT2D eigenvalue weighted by molar-refractivity contribution is -0.120. The maximum absolute atomic E-state index is 13.6. The number of nitrogens with zero attached hydrogens (tertiary/aromatic N) is 1. The van der Waals surface area contributed by atoms with Crippen LogP contribution in [0.15, 0.2) is 77.7 Å². The van der Waals surface area contributed by atoms with Crippen LogP contribution in [0, 0.1) is 0 Å².